The number of allylic oxidation sites excluding steroid dienone is 9. The number of fused-ring (bicyclic) bond motifs is 3. The van der Waals surface area contributed by atoms with E-state index in [9.17, 15) is 0 Å². The third-order valence-electron chi connectivity index (χ3n) is 6.17. The van der Waals surface area contributed by atoms with E-state index in [1.165, 1.54) is 21.6 Å². The molecule has 0 bridgehead atoms. The van der Waals surface area contributed by atoms with Gasteiger partial charge in [0.25, 0.3) is 0 Å². The Morgan fingerprint density at radius 1 is 1.24 bits per heavy atom. The molecule has 5 nitrogen and oxygen atoms in total. The number of nitrogens with zero attached hydrogens (tertiary/aromatic N) is 2. The van der Waals surface area contributed by atoms with Gasteiger partial charge in [-0.2, -0.15) is 0 Å². The van der Waals surface area contributed by atoms with Gasteiger partial charge in [0.1, 0.15) is 12.3 Å². The van der Waals surface area contributed by atoms with Crippen molar-refractivity contribution in [3.05, 3.63) is 67.6 Å². The zero-order valence-electron chi connectivity index (χ0n) is 20.9. The van der Waals surface area contributed by atoms with E-state index < -0.39 is 8.07 Å². The molecule has 0 aromatic rings. The van der Waals surface area contributed by atoms with E-state index in [-0.39, 0.29) is 12.3 Å². The van der Waals surface area contributed by atoms with E-state index >= 15 is 0 Å². The summed E-state index contributed by atoms with van der Waals surface area (Å²) in [4.78, 5) is 8.28. The van der Waals surface area contributed by atoms with Crippen molar-refractivity contribution in [1.82, 2.24) is 10.2 Å². The van der Waals surface area contributed by atoms with E-state index in [4.69, 9.17) is 26.1 Å². The third-order valence-corrected chi connectivity index (χ3v) is 9.22. The highest BCUT2D eigenvalue weighted by Gasteiger charge is 2.34. The monoisotopic (exact) mass is 517 g/mol. The first-order valence-electron chi connectivity index (χ1n) is 12.0. The lowest BCUT2D eigenvalue weighted by Crippen LogP contribution is -2.46. The zero-order chi connectivity index (χ0) is 24.3. The van der Waals surface area contributed by atoms with Gasteiger partial charge in [-0.05, 0) is 48.3 Å². The van der Waals surface area contributed by atoms with Gasteiger partial charge in [-0.15, -0.1) is 0 Å². The summed E-state index contributed by atoms with van der Waals surface area (Å²) in [7, 11) is 2.97. The van der Waals surface area contributed by atoms with Crippen LogP contribution in [0, 0.1) is 0 Å². The molecule has 0 fully saturated rings. The summed E-state index contributed by atoms with van der Waals surface area (Å²) < 4.78 is 12.4. The molecule has 0 aromatic carbocycles. The van der Waals surface area contributed by atoms with Gasteiger partial charge in [-0.25, -0.2) is 0 Å². The third kappa shape index (κ3) is 6.25. The van der Waals surface area contributed by atoms with E-state index in [0.717, 1.165) is 36.9 Å². The van der Waals surface area contributed by atoms with E-state index in [1.54, 1.807) is 11.8 Å². The van der Waals surface area contributed by atoms with Gasteiger partial charge in [0.2, 0.25) is 0 Å². The van der Waals surface area contributed by atoms with Crippen molar-refractivity contribution in [2.45, 2.75) is 44.4 Å². The average molecular weight is 518 g/mol. The predicted octanol–water partition coefficient (Wildman–Crippen LogP) is 5.45. The average Bonchev–Trinajstić information content (AvgIpc) is 3.10. The summed E-state index contributed by atoms with van der Waals surface area (Å²) in [6, 6.07) is 1.14. The fourth-order valence-electron chi connectivity index (χ4n) is 4.16. The van der Waals surface area contributed by atoms with Crippen LogP contribution in [0.3, 0.4) is 0 Å². The van der Waals surface area contributed by atoms with E-state index in [1.807, 2.05) is 12.3 Å². The molecule has 0 saturated heterocycles. The molecular formula is C26H36ClN3O2SSi. The van der Waals surface area contributed by atoms with Gasteiger partial charge >= 0.3 is 0 Å². The summed E-state index contributed by atoms with van der Waals surface area (Å²) >= 11 is 8.47. The number of hydrogen-bond donors (Lipinski definition) is 1. The second-order valence-electron chi connectivity index (χ2n) is 10.5. The Kier molecular flexibility index (Phi) is 8.43. The molecule has 1 N–H and O–H groups in total. The van der Waals surface area contributed by atoms with Gasteiger partial charge < -0.3 is 19.7 Å². The summed E-state index contributed by atoms with van der Waals surface area (Å²) in [5.74, 6) is 0. The highest BCUT2D eigenvalue weighted by molar-refractivity contribution is 8.06. The quantitative estimate of drug-likeness (QED) is 0.308. The summed E-state index contributed by atoms with van der Waals surface area (Å²) in [5.41, 5.74) is 5.91. The van der Waals surface area contributed by atoms with Crippen LogP contribution in [-0.4, -0.2) is 71.9 Å². The Morgan fingerprint density at radius 3 is 2.82 bits per heavy atom. The maximum Gasteiger partial charge on any atom is 0.147 e. The highest BCUT2D eigenvalue weighted by atomic mass is 35.5. The Morgan fingerprint density at radius 2 is 2.06 bits per heavy atom. The molecule has 4 rings (SSSR count). The van der Waals surface area contributed by atoms with Crippen molar-refractivity contribution in [3.63, 3.8) is 0 Å². The molecule has 0 saturated carbocycles. The van der Waals surface area contributed by atoms with Crippen LogP contribution < -0.4 is 5.32 Å². The van der Waals surface area contributed by atoms with E-state index in [0.29, 0.717) is 18.2 Å². The molecule has 0 amide bonds. The number of aliphatic imine (C=N–C) groups is 1. The van der Waals surface area contributed by atoms with Crippen LogP contribution in [-0.2, 0) is 9.47 Å². The van der Waals surface area contributed by atoms with Crippen LogP contribution in [0.2, 0.25) is 25.7 Å². The molecule has 2 aliphatic carbocycles. The van der Waals surface area contributed by atoms with Crippen LogP contribution in [0.15, 0.2) is 72.6 Å². The van der Waals surface area contributed by atoms with Gasteiger partial charge in [-0.3, -0.25) is 4.99 Å². The standard InChI is InChI=1S/C26H36ClN3O2SSi/c1-30(2)10-11-32-23(17-31-12-14-34(3,4)5)26-28-16-21-22(27)9-8-19-20(24(21)29-26)15-18-7-6-13-33-25(18)19/h6-9,13,16,23,26,29H,10-12,14-15,17H2,1-5H3. The smallest absolute Gasteiger partial charge is 0.147 e. The van der Waals surface area contributed by atoms with Gasteiger partial charge in [0.15, 0.2) is 0 Å². The molecule has 2 aliphatic heterocycles. The van der Waals surface area contributed by atoms with Crippen molar-refractivity contribution < 1.29 is 9.47 Å². The van der Waals surface area contributed by atoms with Crippen LogP contribution in [0.1, 0.15) is 6.42 Å². The van der Waals surface area contributed by atoms with Crippen molar-refractivity contribution in [3.8, 4) is 0 Å². The summed E-state index contributed by atoms with van der Waals surface area (Å²) in [6.45, 7) is 9.87. The highest BCUT2D eigenvalue weighted by Crippen LogP contribution is 2.48. The molecule has 0 radical (unpaired) electrons. The lowest BCUT2D eigenvalue weighted by molar-refractivity contribution is -0.0333. The zero-order valence-corrected chi connectivity index (χ0v) is 23.4. The first-order chi connectivity index (χ1) is 16.2. The van der Waals surface area contributed by atoms with Crippen LogP contribution in [0.25, 0.3) is 0 Å². The van der Waals surface area contributed by atoms with Gasteiger partial charge in [-0.1, -0.05) is 61.2 Å². The van der Waals surface area contributed by atoms with Crippen LogP contribution >= 0.6 is 23.4 Å². The topological polar surface area (TPSA) is 46.1 Å². The number of rotatable bonds is 10. The second-order valence-corrected chi connectivity index (χ2v) is 17.4. The minimum Gasteiger partial charge on any atom is -0.379 e. The molecule has 34 heavy (non-hydrogen) atoms. The minimum absolute atomic E-state index is 0.183. The fourth-order valence-corrected chi connectivity index (χ4v) is 6.02. The minimum atomic E-state index is -1.15. The van der Waals surface area contributed by atoms with Crippen LogP contribution in [0.4, 0.5) is 0 Å². The second kappa shape index (κ2) is 11.1. The van der Waals surface area contributed by atoms with Gasteiger partial charge in [0.05, 0.1) is 23.9 Å². The largest absolute Gasteiger partial charge is 0.379 e. The lowest BCUT2D eigenvalue weighted by Gasteiger charge is -2.31. The Balaban J connectivity index is 1.56. The number of likely N-dealkylation sites (N-methyl/N-ethyl adjacent to an activating group) is 1. The molecule has 0 spiro atoms. The first-order valence-corrected chi connectivity index (χ1v) is 16.9. The molecule has 2 heterocycles. The molecule has 2 atom stereocenters. The lowest BCUT2D eigenvalue weighted by atomic mass is 10.0. The molecule has 4 aliphatic rings. The van der Waals surface area contributed by atoms with Crippen LogP contribution in [0.5, 0.6) is 0 Å². The summed E-state index contributed by atoms with van der Waals surface area (Å²) in [5, 5.41) is 6.55. The van der Waals surface area contributed by atoms with Crippen molar-refractivity contribution in [2.24, 2.45) is 4.99 Å². The normalized spacial score (nSPS) is 22.6. The Bertz CT molecular complexity index is 1020. The molecule has 2 unspecified atom stereocenters. The number of nitrogens with one attached hydrogen (secondary N) is 1. The number of thioether (sulfide) groups is 1. The maximum atomic E-state index is 6.68. The van der Waals surface area contributed by atoms with Crippen molar-refractivity contribution >= 4 is 37.7 Å². The Labute approximate surface area is 214 Å². The number of halogens is 1. The molecular weight excluding hydrogens is 482 g/mol. The van der Waals surface area contributed by atoms with Crippen molar-refractivity contribution in [2.75, 3.05) is 40.5 Å². The summed E-state index contributed by atoms with van der Waals surface area (Å²) in [6.07, 6.45) is 10.9. The first kappa shape index (κ1) is 25.7. The van der Waals surface area contributed by atoms with E-state index in [2.05, 4.69) is 67.6 Å². The molecule has 0 aromatic heterocycles. The SMILES string of the molecule is CN(C)CCOC(COCC[Si](C)(C)C)C1N=CC2=C(Cl)C=CC3=C4SC=CC=C4CC3=C2N1. The predicted molar refractivity (Wildman–Crippen MR) is 148 cm³/mol. The molecule has 8 heteroatoms. The van der Waals surface area contributed by atoms with Gasteiger partial charge in [0, 0.05) is 44.3 Å². The number of hydrogen-bond acceptors (Lipinski definition) is 6. The Hall–Kier alpha value is -1.35. The molecule has 184 valence electrons. The number of ether oxygens (including phenoxy) is 2. The van der Waals surface area contributed by atoms with Crippen molar-refractivity contribution in [1.29, 1.82) is 0 Å². The fraction of sp³-hybridized carbons (Fsp3) is 0.500. The maximum absolute atomic E-state index is 6.68.